The number of fused-ring (bicyclic) bond motifs is 5. The lowest BCUT2D eigenvalue weighted by atomic mass is 9.53. The summed E-state index contributed by atoms with van der Waals surface area (Å²) in [7, 11) is -0.372. The van der Waals surface area contributed by atoms with Gasteiger partial charge < -0.3 is 14.2 Å². The fraction of sp³-hybridized carbons (Fsp3) is 0.629. The third-order valence-corrected chi connectivity index (χ3v) is 12.2. The molecule has 2 aromatic rings. The third-order valence-electron chi connectivity index (χ3n) is 10.9. The Kier molecular flexibility index (Phi) is 9.39. The number of aryl methyl sites for hydroxylation is 2. The quantitative estimate of drug-likeness (QED) is 0.149. The van der Waals surface area contributed by atoms with Crippen molar-refractivity contribution in [1.82, 2.24) is 0 Å². The van der Waals surface area contributed by atoms with Gasteiger partial charge in [0, 0.05) is 12.5 Å². The summed E-state index contributed by atoms with van der Waals surface area (Å²) in [5, 5.41) is 0. The number of sulfonamides is 1. The van der Waals surface area contributed by atoms with Crippen molar-refractivity contribution in [3.63, 3.8) is 0 Å². The Labute approximate surface area is 253 Å². The lowest BCUT2D eigenvalue weighted by molar-refractivity contribution is -0.123. The number of unbranched alkanes of at least 4 members (excludes halogenated alkanes) is 3. The minimum atomic E-state index is -3.91. The van der Waals surface area contributed by atoms with Crippen LogP contribution in [-0.4, -0.2) is 40.7 Å². The van der Waals surface area contributed by atoms with E-state index in [9.17, 15) is 8.42 Å². The van der Waals surface area contributed by atoms with E-state index in [-0.39, 0.29) is 10.3 Å². The summed E-state index contributed by atoms with van der Waals surface area (Å²) < 4.78 is 49.5. The monoisotopic (exact) mass is 595 g/mol. The van der Waals surface area contributed by atoms with Gasteiger partial charge in [0.05, 0.1) is 30.6 Å². The zero-order chi connectivity index (χ0) is 30.0. The number of hydrogen-bond donors (Lipinski definition) is 0. The summed E-state index contributed by atoms with van der Waals surface area (Å²) in [6.45, 7) is 6.98. The summed E-state index contributed by atoms with van der Waals surface area (Å²) in [5.74, 6) is 2.88. The predicted octanol–water partition coefficient (Wildman–Crippen LogP) is 8.02. The molecule has 5 atom stereocenters. The molecule has 7 heteroatoms. The molecule has 6 nitrogen and oxygen atoms in total. The Morgan fingerprint density at radius 3 is 2.50 bits per heavy atom. The second kappa shape index (κ2) is 12.7. The minimum absolute atomic E-state index is 0.0904. The van der Waals surface area contributed by atoms with Gasteiger partial charge in [0.15, 0.2) is 0 Å². The number of hydrogen-bond acceptors (Lipinski definition) is 5. The topological polar surface area (TPSA) is 74.2 Å². The highest BCUT2D eigenvalue weighted by atomic mass is 32.2. The van der Waals surface area contributed by atoms with Crippen LogP contribution >= 0.6 is 0 Å². The number of nitrogens with zero attached hydrogens (tertiary/aromatic N) is 1. The molecule has 0 unspecified atom stereocenters. The van der Waals surface area contributed by atoms with Crippen LogP contribution in [-0.2, 0) is 25.9 Å². The zero-order valence-corrected chi connectivity index (χ0v) is 27.0. The molecule has 0 heterocycles. The van der Waals surface area contributed by atoms with Gasteiger partial charge in [-0.2, -0.15) is 8.42 Å². The van der Waals surface area contributed by atoms with Gasteiger partial charge in [-0.1, -0.05) is 56.9 Å². The van der Waals surface area contributed by atoms with E-state index in [4.69, 9.17) is 14.2 Å². The van der Waals surface area contributed by atoms with E-state index in [0.717, 1.165) is 69.1 Å². The first kappa shape index (κ1) is 31.1. The molecule has 2 aromatic carbocycles. The zero-order valence-electron chi connectivity index (χ0n) is 26.2. The van der Waals surface area contributed by atoms with Crippen LogP contribution in [0.4, 0.5) is 0 Å². The van der Waals surface area contributed by atoms with Crippen LogP contribution < -0.4 is 4.74 Å². The van der Waals surface area contributed by atoms with Gasteiger partial charge in [-0.05, 0) is 105 Å². The fourth-order valence-corrected chi connectivity index (χ4v) is 9.42. The molecule has 3 aliphatic carbocycles. The van der Waals surface area contributed by atoms with E-state index in [1.54, 1.807) is 26.4 Å². The number of rotatable bonds is 11. The Morgan fingerprint density at radius 1 is 1.00 bits per heavy atom. The van der Waals surface area contributed by atoms with E-state index in [1.807, 2.05) is 19.1 Å². The maximum atomic E-state index is 13.5. The van der Waals surface area contributed by atoms with Crippen molar-refractivity contribution >= 4 is 15.9 Å². The van der Waals surface area contributed by atoms with Gasteiger partial charge in [-0.25, -0.2) is 0 Å². The lowest BCUT2D eigenvalue weighted by Crippen LogP contribution is -2.53. The van der Waals surface area contributed by atoms with Crippen molar-refractivity contribution in [2.75, 3.05) is 20.8 Å². The van der Waals surface area contributed by atoms with E-state index >= 15 is 0 Å². The first-order valence-electron chi connectivity index (χ1n) is 15.9. The summed E-state index contributed by atoms with van der Waals surface area (Å²) in [5.41, 5.74) is 3.32. The highest BCUT2D eigenvalue weighted by Gasteiger charge is 2.63. The molecule has 230 valence electrons. The molecular weight excluding hydrogens is 546 g/mol. The number of ether oxygens (including phenoxy) is 3. The average Bonchev–Trinajstić information content (AvgIpc) is 3.28. The second-order valence-electron chi connectivity index (χ2n) is 13.0. The molecule has 0 radical (unpaired) electrons. The van der Waals surface area contributed by atoms with Crippen LogP contribution in [0.3, 0.4) is 0 Å². The molecule has 0 saturated heterocycles. The number of benzene rings is 2. The fourth-order valence-electron chi connectivity index (χ4n) is 8.45. The van der Waals surface area contributed by atoms with Crippen molar-refractivity contribution in [2.45, 2.75) is 108 Å². The largest absolute Gasteiger partial charge is 0.497 e. The molecule has 0 bridgehead atoms. The van der Waals surface area contributed by atoms with E-state index < -0.39 is 15.6 Å². The molecule has 0 aliphatic heterocycles. The second-order valence-corrected chi connectivity index (χ2v) is 14.6. The van der Waals surface area contributed by atoms with Gasteiger partial charge in [-0.15, -0.1) is 4.40 Å². The normalized spacial score (nSPS) is 29.0. The first-order valence-corrected chi connectivity index (χ1v) is 17.4. The highest BCUT2D eigenvalue weighted by Crippen LogP contribution is 2.66. The molecule has 0 spiro atoms. The first-order chi connectivity index (χ1) is 20.2. The third kappa shape index (κ3) is 5.88. The molecule has 42 heavy (non-hydrogen) atoms. The molecule has 0 N–H and O–H groups in total. The average molecular weight is 596 g/mol. The molecule has 5 rings (SSSR count). The van der Waals surface area contributed by atoms with Crippen LogP contribution in [0.1, 0.15) is 101 Å². The van der Waals surface area contributed by atoms with Gasteiger partial charge in [0.1, 0.15) is 5.75 Å². The van der Waals surface area contributed by atoms with Gasteiger partial charge >= 0.3 is 0 Å². The standard InChI is InChI=1S/C35H49NO5S/c1-6-7-8-9-22-41-33(36-42(37,38)28-14-10-25(2)11-15-28)24-35(40-5)21-19-32-31-16-12-26-23-27(39-4)13-17-29(26)30(31)18-20-34(32,35)3/h10-11,13-15,17,23,30-32H,6-9,12,16,18-22,24H2,1-5H3/t30-,31-,32+,34+,35-/m1/s1. The van der Waals surface area contributed by atoms with E-state index in [1.165, 1.54) is 17.5 Å². The maximum absolute atomic E-state index is 13.5. The van der Waals surface area contributed by atoms with Crippen molar-refractivity contribution in [3.8, 4) is 5.75 Å². The number of methoxy groups -OCH3 is 2. The van der Waals surface area contributed by atoms with E-state index in [0.29, 0.717) is 36.7 Å². The van der Waals surface area contributed by atoms with Gasteiger partial charge in [0.2, 0.25) is 5.90 Å². The van der Waals surface area contributed by atoms with Crippen LogP contribution in [0.25, 0.3) is 0 Å². The molecule has 2 fully saturated rings. The predicted molar refractivity (Wildman–Crippen MR) is 168 cm³/mol. The summed E-state index contributed by atoms with van der Waals surface area (Å²) in [4.78, 5) is 0.195. The molecule has 0 aromatic heterocycles. The molecule has 3 aliphatic rings. The summed E-state index contributed by atoms with van der Waals surface area (Å²) >= 11 is 0. The molecule has 2 saturated carbocycles. The minimum Gasteiger partial charge on any atom is -0.497 e. The van der Waals surface area contributed by atoms with Crippen LogP contribution in [0, 0.1) is 24.2 Å². The maximum Gasteiger partial charge on any atom is 0.285 e. The summed E-state index contributed by atoms with van der Waals surface area (Å²) in [6, 6.07) is 13.5. The Bertz CT molecular complexity index is 1370. The van der Waals surface area contributed by atoms with Crippen LogP contribution in [0.15, 0.2) is 51.8 Å². The van der Waals surface area contributed by atoms with Crippen molar-refractivity contribution < 1.29 is 22.6 Å². The van der Waals surface area contributed by atoms with Gasteiger partial charge in [0.25, 0.3) is 10.0 Å². The lowest BCUT2D eigenvalue weighted by Gasteiger charge is -2.54. The van der Waals surface area contributed by atoms with Crippen molar-refractivity contribution in [1.29, 1.82) is 0 Å². The SMILES string of the molecule is CCCCCCOC(C[C@]1(OC)CC[C@H]2[C@@H]3CCc4cc(OC)ccc4[C@H]3CC[C@@]21C)=NS(=O)(=O)c1ccc(C)cc1. The van der Waals surface area contributed by atoms with E-state index in [2.05, 4.69) is 36.4 Å². The van der Waals surface area contributed by atoms with Crippen LogP contribution in [0.5, 0.6) is 5.75 Å². The Balaban J connectivity index is 1.42. The highest BCUT2D eigenvalue weighted by molar-refractivity contribution is 7.90. The Hall–Kier alpha value is -2.38. The van der Waals surface area contributed by atoms with Crippen LogP contribution in [0.2, 0.25) is 0 Å². The molecular formula is C35H49NO5S. The van der Waals surface area contributed by atoms with Crippen molar-refractivity contribution in [3.05, 3.63) is 59.2 Å². The van der Waals surface area contributed by atoms with Gasteiger partial charge in [-0.3, -0.25) is 0 Å². The molecule has 0 amide bonds. The van der Waals surface area contributed by atoms with Crippen molar-refractivity contribution in [2.24, 2.45) is 21.6 Å². The Morgan fingerprint density at radius 2 is 1.79 bits per heavy atom. The smallest absolute Gasteiger partial charge is 0.285 e. The summed E-state index contributed by atoms with van der Waals surface area (Å²) in [6.07, 6.45) is 10.9.